The molecule has 0 fully saturated rings. The molecule has 0 spiro atoms. The molecule has 0 aliphatic heterocycles. The lowest BCUT2D eigenvalue weighted by molar-refractivity contribution is 0.502. The first-order valence-corrected chi connectivity index (χ1v) is 6.69. The molecule has 0 bridgehead atoms. The molecule has 0 saturated carbocycles. The van der Waals surface area contributed by atoms with Gasteiger partial charge in [0.05, 0.1) is 6.26 Å². The summed E-state index contributed by atoms with van der Waals surface area (Å²) in [6.07, 6.45) is 3.68. The number of nitrogens with one attached hydrogen (secondary N) is 1. The fourth-order valence-electron chi connectivity index (χ4n) is 2.12. The second kappa shape index (κ2) is 6.62. The molecule has 96 valence electrons. The van der Waals surface area contributed by atoms with Gasteiger partial charge in [-0.25, -0.2) is 0 Å². The monoisotopic (exact) mass is 263 g/mol. The summed E-state index contributed by atoms with van der Waals surface area (Å²) in [5.74, 6) is 0. The molecule has 3 heteroatoms. The van der Waals surface area contributed by atoms with Gasteiger partial charge >= 0.3 is 0 Å². The Morgan fingerprint density at radius 3 is 2.61 bits per heavy atom. The third kappa shape index (κ3) is 3.37. The van der Waals surface area contributed by atoms with Crippen molar-refractivity contribution in [2.75, 3.05) is 6.54 Å². The topological polar surface area (TPSA) is 25.2 Å². The highest BCUT2D eigenvalue weighted by Gasteiger charge is 2.15. The molecular formula is C15H18ClNO. The molecule has 1 atom stereocenters. The maximum absolute atomic E-state index is 6.05. The Morgan fingerprint density at radius 1 is 1.22 bits per heavy atom. The Labute approximate surface area is 113 Å². The quantitative estimate of drug-likeness (QED) is 0.844. The first-order chi connectivity index (χ1) is 8.81. The highest BCUT2D eigenvalue weighted by atomic mass is 35.5. The normalized spacial score (nSPS) is 12.6. The lowest BCUT2D eigenvalue weighted by Gasteiger charge is -2.16. The number of hydrogen-bond donors (Lipinski definition) is 1. The maximum Gasteiger partial charge on any atom is 0.197 e. The molecule has 0 aliphatic carbocycles. The summed E-state index contributed by atoms with van der Waals surface area (Å²) in [6, 6.07) is 12.7. The van der Waals surface area contributed by atoms with Gasteiger partial charge in [0.15, 0.2) is 5.22 Å². The van der Waals surface area contributed by atoms with Crippen molar-refractivity contribution in [3.63, 3.8) is 0 Å². The van der Waals surface area contributed by atoms with Gasteiger partial charge in [0.2, 0.25) is 0 Å². The van der Waals surface area contributed by atoms with E-state index < -0.39 is 0 Å². The van der Waals surface area contributed by atoms with Gasteiger partial charge in [-0.3, -0.25) is 0 Å². The molecule has 1 N–H and O–H groups in total. The third-order valence-corrected chi connectivity index (χ3v) is 3.34. The Morgan fingerprint density at radius 2 is 2.00 bits per heavy atom. The molecule has 2 aromatic rings. The van der Waals surface area contributed by atoms with Crippen molar-refractivity contribution >= 4 is 11.6 Å². The number of hydrogen-bond acceptors (Lipinski definition) is 2. The zero-order valence-corrected chi connectivity index (χ0v) is 11.3. The van der Waals surface area contributed by atoms with E-state index in [1.807, 2.05) is 12.1 Å². The first kappa shape index (κ1) is 13.2. The fraction of sp³-hybridized carbons (Fsp3) is 0.333. The molecule has 1 aromatic carbocycles. The van der Waals surface area contributed by atoms with Crippen molar-refractivity contribution in [3.05, 3.63) is 59.0 Å². The van der Waals surface area contributed by atoms with Crippen molar-refractivity contribution in [3.8, 4) is 0 Å². The summed E-state index contributed by atoms with van der Waals surface area (Å²) in [5, 5.41) is 3.95. The SMILES string of the molecule is CCNC(CCc1ccccc1)c1ccoc1Cl. The van der Waals surface area contributed by atoms with Crippen LogP contribution in [0.3, 0.4) is 0 Å². The minimum Gasteiger partial charge on any atom is -0.453 e. The zero-order valence-electron chi connectivity index (χ0n) is 10.5. The maximum atomic E-state index is 6.05. The summed E-state index contributed by atoms with van der Waals surface area (Å²) in [7, 11) is 0. The van der Waals surface area contributed by atoms with E-state index in [4.69, 9.17) is 16.0 Å². The van der Waals surface area contributed by atoms with Crippen LogP contribution in [-0.2, 0) is 6.42 Å². The molecule has 0 radical (unpaired) electrons. The number of benzene rings is 1. The molecule has 0 aliphatic rings. The van der Waals surface area contributed by atoms with E-state index in [1.165, 1.54) is 5.56 Å². The molecule has 2 nitrogen and oxygen atoms in total. The van der Waals surface area contributed by atoms with Gasteiger partial charge in [-0.15, -0.1) is 0 Å². The average Bonchev–Trinajstić information content (AvgIpc) is 2.82. The van der Waals surface area contributed by atoms with Crippen LogP contribution in [0.1, 0.15) is 30.5 Å². The minimum atomic E-state index is 0.251. The van der Waals surface area contributed by atoms with Crippen LogP contribution in [0.2, 0.25) is 5.22 Å². The molecule has 0 saturated heterocycles. The van der Waals surface area contributed by atoms with E-state index >= 15 is 0 Å². The minimum absolute atomic E-state index is 0.251. The van der Waals surface area contributed by atoms with Crippen LogP contribution in [-0.4, -0.2) is 6.54 Å². The number of halogens is 1. The van der Waals surface area contributed by atoms with Gasteiger partial charge in [0, 0.05) is 11.6 Å². The van der Waals surface area contributed by atoms with E-state index in [0.717, 1.165) is 24.9 Å². The van der Waals surface area contributed by atoms with Gasteiger partial charge in [0.1, 0.15) is 0 Å². The summed E-state index contributed by atoms with van der Waals surface area (Å²) >= 11 is 6.05. The Balaban J connectivity index is 2.01. The van der Waals surface area contributed by atoms with E-state index in [9.17, 15) is 0 Å². The van der Waals surface area contributed by atoms with Crippen LogP contribution in [0.25, 0.3) is 0 Å². The fourth-order valence-corrected chi connectivity index (χ4v) is 2.37. The molecule has 18 heavy (non-hydrogen) atoms. The summed E-state index contributed by atoms with van der Waals surface area (Å²) in [5.41, 5.74) is 2.40. The first-order valence-electron chi connectivity index (χ1n) is 6.31. The third-order valence-electron chi connectivity index (χ3n) is 3.04. The second-order valence-corrected chi connectivity index (χ2v) is 4.63. The van der Waals surface area contributed by atoms with Gasteiger partial charge < -0.3 is 9.73 Å². The molecule has 1 heterocycles. The summed E-state index contributed by atoms with van der Waals surface area (Å²) in [4.78, 5) is 0. The smallest absolute Gasteiger partial charge is 0.197 e. The zero-order chi connectivity index (χ0) is 12.8. The lowest BCUT2D eigenvalue weighted by Crippen LogP contribution is -2.21. The van der Waals surface area contributed by atoms with Gasteiger partial charge in [-0.2, -0.15) is 0 Å². The Bertz CT molecular complexity index is 466. The van der Waals surface area contributed by atoms with Crippen LogP contribution in [0.4, 0.5) is 0 Å². The number of aryl methyl sites for hydroxylation is 1. The van der Waals surface area contributed by atoms with E-state index in [1.54, 1.807) is 6.26 Å². The Hall–Kier alpha value is -1.25. The predicted octanol–water partition coefficient (Wildman–Crippen LogP) is 4.22. The standard InChI is InChI=1S/C15H18ClNO/c1-2-17-14(13-10-11-18-15(13)16)9-8-12-6-4-3-5-7-12/h3-7,10-11,14,17H,2,8-9H2,1H3. The molecule has 1 aromatic heterocycles. The van der Waals surface area contributed by atoms with Crippen LogP contribution < -0.4 is 5.32 Å². The molecule has 0 amide bonds. The second-order valence-electron chi connectivity index (χ2n) is 4.28. The van der Waals surface area contributed by atoms with Crippen molar-refractivity contribution in [1.82, 2.24) is 5.32 Å². The van der Waals surface area contributed by atoms with Gasteiger partial charge in [-0.05, 0) is 42.6 Å². The number of rotatable bonds is 6. The highest BCUT2D eigenvalue weighted by molar-refractivity contribution is 6.29. The average molecular weight is 264 g/mol. The van der Waals surface area contributed by atoms with Crippen molar-refractivity contribution in [1.29, 1.82) is 0 Å². The van der Waals surface area contributed by atoms with Crippen LogP contribution >= 0.6 is 11.6 Å². The van der Waals surface area contributed by atoms with Crippen molar-refractivity contribution < 1.29 is 4.42 Å². The largest absolute Gasteiger partial charge is 0.453 e. The van der Waals surface area contributed by atoms with Crippen molar-refractivity contribution in [2.45, 2.75) is 25.8 Å². The molecule has 2 rings (SSSR count). The summed E-state index contributed by atoms with van der Waals surface area (Å²) < 4.78 is 5.17. The van der Waals surface area contributed by atoms with Crippen LogP contribution in [0, 0.1) is 0 Å². The Kier molecular flexibility index (Phi) is 4.85. The lowest BCUT2D eigenvalue weighted by atomic mass is 10.0. The van der Waals surface area contributed by atoms with E-state index in [0.29, 0.717) is 5.22 Å². The number of furan rings is 1. The van der Waals surface area contributed by atoms with Crippen LogP contribution in [0.15, 0.2) is 47.1 Å². The van der Waals surface area contributed by atoms with E-state index in [-0.39, 0.29) is 6.04 Å². The molecule has 1 unspecified atom stereocenters. The molecular weight excluding hydrogens is 246 g/mol. The van der Waals surface area contributed by atoms with Crippen molar-refractivity contribution in [2.24, 2.45) is 0 Å². The summed E-state index contributed by atoms with van der Waals surface area (Å²) in [6.45, 7) is 3.02. The van der Waals surface area contributed by atoms with E-state index in [2.05, 4.69) is 36.5 Å². The predicted molar refractivity (Wildman–Crippen MR) is 74.9 cm³/mol. The highest BCUT2D eigenvalue weighted by Crippen LogP contribution is 2.27. The van der Waals surface area contributed by atoms with Gasteiger partial charge in [-0.1, -0.05) is 37.3 Å². The van der Waals surface area contributed by atoms with Gasteiger partial charge in [0.25, 0.3) is 0 Å². The van der Waals surface area contributed by atoms with Crippen LogP contribution in [0.5, 0.6) is 0 Å².